The molecule has 2 rings (SSSR count). The average Bonchev–Trinajstić information content (AvgIpc) is 2.37. The highest BCUT2D eigenvalue weighted by atomic mass is 35.5. The van der Waals surface area contributed by atoms with Crippen molar-refractivity contribution >= 4 is 17.6 Å². The number of hydrogen-bond donors (Lipinski definition) is 1. The number of ether oxygens (including phenoxy) is 1. The molecular weight excluding hydrogens is 264 g/mol. The van der Waals surface area contributed by atoms with Gasteiger partial charge in [-0.1, -0.05) is 35.4 Å². The monoisotopic (exact) mass is 276 g/mol. The molecule has 0 aliphatic carbocycles. The highest BCUT2D eigenvalue weighted by Crippen LogP contribution is 2.35. The van der Waals surface area contributed by atoms with Gasteiger partial charge in [0.25, 0.3) is 0 Å². The third-order valence-electron chi connectivity index (χ3n) is 2.87. The molecule has 0 spiro atoms. The fraction of sp³-hybridized carbons (Fsp3) is 0.133. The summed E-state index contributed by atoms with van der Waals surface area (Å²) in [5.41, 5.74) is 2.39. The molecule has 2 aromatic carbocycles. The number of aromatic carboxylic acids is 1. The first-order valence-corrected chi connectivity index (χ1v) is 6.09. The molecule has 19 heavy (non-hydrogen) atoms. The summed E-state index contributed by atoms with van der Waals surface area (Å²) in [6, 6.07) is 10.6. The van der Waals surface area contributed by atoms with Crippen molar-refractivity contribution in [1.82, 2.24) is 0 Å². The molecular formula is C15H13ClO3. The molecule has 0 aliphatic rings. The fourth-order valence-corrected chi connectivity index (χ4v) is 2.25. The minimum absolute atomic E-state index is 0.0908. The second-order valence-corrected chi connectivity index (χ2v) is 4.58. The molecule has 4 heteroatoms. The van der Waals surface area contributed by atoms with Crippen molar-refractivity contribution in [2.75, 3.05) is 7.11 Å². The summed E-state index contributed by atoms with van der Waals surface area (Å²) in [5.74, 6) is -0.431. The summed E-state index contributed by atoms with van der Waals surface area (Å²) in [4.78, 5) is 11.4. The first kappa shape index (κ1) is 13.4. The van der Waals surface area contributed by atoms with Gasteiger partial charge in [-0.25, -0.2) is 4.79 Å². The maximum absolute atomic E-state index is 11.4. The summed E-state index contributed by atoms with van der Waals surface area (Å²) in [5, 5.41) is 9.53. The van der Waals surface area contributed by atoms with Gasteiger partial charge in [-0.3, -0.25) is 0 Å². The van der Waals surface area contributed by atoms with Gasteiger partial charge in [0, 0.05) is 11.1 Å². The normalized spacial score (nSPS) is 10.3. The van der Waals surface area contributed by atoms with E-state index in [0.717, 1.165) is 11.1 Å². The number of methoxy groups -OCH3 is 1. The number of carboxylic acids is 1. The molecule has 98 valence electrons. The molecule has 0 saturated heterocycles. The highest BCUT2D eigenvalue weighted by molar-refractivity contribution is 6.34. The number of aryl methyl sites for hydroxylation is 1. The lowest BCUT2D eigenvalue weighted by Crippen LogP contribution is -2.01. The van der Waals surface area contributed by atoms with Crippen LogP contribution in [0.2, 0.25) is 5.02 Å². The number of carbonyl (C=O) groups is 1. The van der Waals surface area contributed by atoms with Gasteiger partial charge in [0.15, 0.2) is 0 Å². The molecule has 0 amide bonds. The topological polar surface area (TPSA) is 46.5 Å². The van der Waals surface area contributed by atoms with Gasteiger partial charge in [-0.2, -0.15) is 0 Å². The molecule has 0 saturated carbocycles. The number of benzene rings is 2. The van der Waals surface area contributed by atoms with Gasteiger partial charge >= 0.3 is 5.97 Å². The summed E-state index contributed by atoms with van der Waals surface area (Å²) in [6.45, 7) is 1.94. The maximum Gasteiger partial charge on any atom is 0.337 e. The third kappa shape index (κ3) is 2.56. The van der Waals surface area contributed by atoms with Gasteiger partial charge in [0.2, 0.25) is 0 Å². The molecule has 0 atom stereocenters. The van der Waals surface area contributed by atoms with Crippen LogP contribution in [0.5, 0.6) is 5.75 Å². The number of hydrogen-bond acceptors (Lipinski definition) is 2. The second-order valence-electron chi connectivity index (χ2n) is 4.17. The van der Waals surface area contributed by atoms with Gasteiger partial charge in [0.05, 0.1) is 17.7 Å². The molecule has 0 aromatic heterocycles. The van der Waals surface area contributed by atoms with Crippen LogP contribution < -0.4 is 4.74 Å². The highest BCUT2D eigenvalue weighted by Gasteiger charge is 2.18. The van der Waals surface area contributed by atoms with E-state index in [-0.39, 0.29) is 10.6 Å². The lowest BCUT2D eigenvalue weighted by Gasteiger charge is -2.13. The van der Waals surface area contributed by atoms with Crippen LogP contribution in [0.1, 0.15) is 15.9 Å². The second kappa shape index (κ2) is 5.33. The zero-order valence-electron chi connectivity index (χ0n) is 10.6. The Labute approximate surface area is 116 Å². The van der Waals surface area contributed by atoms with E-state index in [1.165, 1.54) is 0 Å². The molecule has 0 unspecified atom stereocenters. The van der Waals surface area contributed by atoms with E-state index in [9.17, 15) is 9.90 Å². The standard InChI is InChI=1S/C15H13ClO3/c1-9-6-7-13(19-2)11(8-9)10-4-3-5-12(16)14(10)15(17)18/h3-8H,1-2H3,(H,17,18). The van der Waals surface area contributed by atoms with Gasteiger partial charge in [-0.05, 0) is 25.1 Å². The van der Waals surface area contributed by atoms with Crippen LogP contribution in [-0.4, -0.2) is 18.2 Å². The van der Waals surface area contributed by atoms with E-state index < -0.39 is 5.97 Å². The predicted molar refractivity (Wildman–Crippen MR) is 75.1 cm³/mol. The van der Waals surface area contributed by atoms with Crippen molar-refractivity contribution in [2.24, 2.45) is 0 Å². The molecule has 2 aromatic rings. The zero-order chi connectivity index (χ0) is 14.0. The molecule has 0 radical (unpaired) electrons. The summed E-state index contributed by atoms with van der Waals surface area (Å²) in [6.07, 6.45) is 0. The lowest BCUT2D eigenvalue weighted by atomic mass is 9.97. The van der Waals surface area contributed by atoms with Crippen molar-refractivity contribution < 1.29 is 14.6 Å². The fourth-order valence-electron chi connectivity index (χ4n) is 2.00. The van der Waals surface area contributed by atoms with Crippen LogP contribution in [-0.2, 0) is 0 Å². The number of halogens is 1. The van der Waals surface area contributed by atoms with Crippen LogP contribution >= 0.6 is 11.6 Å². The van der Waals surface area contributed by atoms with Crippen LogP contribution in [0.15, 0.2) is 36.4 Å². The Kier molecular flexibility index (Phi) is 3.76. The van der Waals surface area contributed by atoms with Crippen molar-refractivity contribution in [1.29, 1.82) is 0 Å². The van der Waals surface area contributed by atoms with E-state index in [0.29, 0.717) is 11.3 Å². The van der Waals surface area contributed by atoms with Crippen molar-refractivity contribution in [3.05, 3.63) is 52.5 Å². The predicted octanol–water partition coefficient (Wildman–Crippen LogP) is 4.02. The van der Waals surface area contributed by atoms with Crippen LogP contribution in [0, 0.1) is 6.92 Å². The smallest absolute Gasteiger partial charge is 0.337 e. The first-order chi connectivity index (χ1) is 9.04. The molecule has 0 fully saturated rings. The number of rotatable bonds is 3. The molecule has 0 bridgehead atoms. The minimum atomic E-state index is -1.05. The Morgan fingerprint density at radius 1 is 1.21 bits per heavy atom. The molecule has 3 nitrogen and oxygen atoms in total. The Morgan fingerprint density at radius 2 is 1.95 bits per heavy atom. The Bertz CT molecular complexity index is 635. The summed E-state index contributed by atoms with van der Waals surface area (Å²) >= 11 is 5.99. The average molecular weight is 277 g/mol. The van der Waals surface area contributed by atoms with E-state index in [1.807, 2.05) is 25.1 Å². The van der Waals surface area contributed by atoms with E-state index in [4.69, 9.17) is 16.3 Å². The quantitative estimate of drug-likeness (QED) is 0.921. The van der Waals surface area contributed by atoms with Crippen LogP contribution in [0.4, 0.5) is 0 Å². The van der Waals surface area contributed by atoms with E-state index in [1.54, 1.807) is 25.3 Å². The van der Waals surface area contributed by atoms with Gasteiger partial charge in [0.1, 0.15) is 5.75 Å². The van der Waals surface area contributed by atoms with Gasteiger partial charge in [-0.15, -0.1) is 0 Å². The van der Waals surface area contributed by atoms with E-state index >= 15 is 0 Å². The lowest BCUT2D eigenvalue weighted by molar-refractivity contribution is 0.0698. The van der Waals surface area contributed by atoms with Crippen LogP contribution in [0.3, 0.4) is 0 Å². The molecule has 1 N–H and O–H groups in total. The summed E-state index contributed by atoms with van der Waals surface area (Å²) in [7, 11) is 1.55. The minimum Gasteiger partial charge on any atom is -0.496 e. The Morgan fingerprint density at radius 3 is 2.58 bits per heavy atom. The first-order valence-electron chi connectivity index (χ1n) is 5.71. The van der Waals surface area contributed by atoms with Crippen LogP contribution in [0.25, 0.3) is 11.1 Å². The Hall–Kier alpha value is -2.00. The Balaban J connectivity index is 2.75. The molecule has 0 aliphatic heterocycles. The van der Waals surface area contributed by atoms with E-state index in [2.05, 4.69) is 0 Å². The SMILES string of the molecule is COc1ccc(C)cc1-c1cccc(Cl)c1C(=O)O. The van der Waals surface area contributed by atoms with Crippen molar-refractivity contribution in [2.45, 2.75) is 6.92 Å². The largest absolute Gasteiger partial charge is 0.496 e. The third-order valence-corrected chi connectivity index (χ3v) is 3.19. The van der Waals surface area contributed by atoms with Crippen molar-refractivity contribution in [3.63, 3.8) is 0 Å². The number of carboxylic acid groups (broad SMARTS) is 1. The van der Waals surface area contributed by atoms with Gasteiger partial charge < -0.3 is 9.84 Å². The molecule has 0 heterocycles. The van der Waals surface area contributed by atoms with Crippen molar-refractivity contribution in [3.8, 4) is 16.9 Å². The maximum atomic E-state index is 11.4. The zero-order valence-corrected chi connectivity index (χ0v) is 11.4. The summed E-state index contributed by atoms with van der Waals surface area (Å²) < 4.78 is 5.29.